The number of pyridine rings is 1. The molecule has 0 saturated heterocycles. The first-order valence-corrected chi connectivity index (χ1v) is 7.53. The fraction of sp³-hybridized carbons (Fsp3) is 0.250. The molecule has 1 heterocycles. The van der Waals surface area contributed by atoms with Crippen LogP contribution in [-0.2, 0) is 10.5 Å². The lowest BCUT2D eigenvalue weighted by atomic mass is 10.1. The Labute approximate surface area is 128 Å². The quantitative estimate of drug-likeness (QED) is 0.693. The van der Waals surface area contributed by atoms with E-state index in [2.05, 4.69) is 41.8 Å². The first-order chi connectivity index (χ1) is 9.99. The summed E-state index contributed by atoms with van der Waals surface area (Å²) in [6, 6.07) is 9.67. The Balaban J connectivity index is 2.17. The van der Waals surface area contributed by atoms with Crippen LogP contribution in [0, 0.1) is 13.8 Å². The van der Waals surface area contributed by atoms with Crippen LogP contribution in [-0.4, -0.2) is 18.1 Å². The van der Waals surface area contributed by atoms with Gasteiger partial charge in [0.15, 0.2) is 0 Å². The van der Waals surface area contributed by atoms with Crippen molar-refractivity contribution in [3.63, 3.8) is 0 Å². The number of rotatable bonds is 4. The van der Waals surface area contributed by atoms with Crippen molar-refractivity contribution >= 4 is 23.4 Å². The van der Waals surface area contributed by atoms with Gasteiger partial charge in [-0.1, -0.05) is 41.1 Å². The first-order valence-electron chi connectivity index (χ1n) is 6.54. The molecular formula is C16H18N2O2S. The van der Waals surface area contributed by atoms with Crippen LogP contribution in [0.25, 0.3) is 0 Å². The van der Waals surface area contributed by atoms with Gasteiger partial charge in [0.25, 0.3) is 0 Å². The number of methoxy groups -OCH3 is 1. The van der Waals surface area contributed by atoms with E-state index in [1.165, 1.54) is 35.6 Å². The summed E-state index contributed by atoms with van der Waals surface area (Å²) in [5.41, 5.74) is 10.4. The number of ether oxygens (including phenoxy) is 1. The van der Waals surface area contributed by atoms with Gasteiger partial charge in [-0.15, -0.1) is 0 Å². The molecule has 2 N–H and O–H groups in total. The Morgan fingerprint density at radius 1 is 1.24 bits per heavy atom. The second kappa shape index (κ2) is 6.63. The Hall–Kier alpha value is -2.01. The third kappa shape index (κ3) is 3.98. The summed E-state index contributed by atoms with van der Waals surface area (Å²) in [7, 11) is 1.34. The van der Waals surface area contributed by atoms with E-state index in [-0.39, 0.29) is 5.69 Å². The molecule has 110 valence electrons. The van der Waals surface area contributed by atoms with Crippen LogP contribution < -0.4 is 5.73 Å². The molecule has 0 saturated carbocycles. The summed E-state index contributed by atoms with van der Waals surface area (Å²) in [6.45, 7) is 4.15. The molecule has 0 amide bonds. The van der Waals surface area contributed by atoms with Gasteiger partial charge in [-0.3, -0.25) is 0 Å². The van der Waals surface area contributed by atoms with E-state index in [9.17, 15) is 4.79 Å². The summed E-state index contributed by atoms with van der Waals surface area (Å²) in [4.78, 5) is 15.8. The molecular weight excluding hydrogens is 284 g/mol. The SMILES string of the molecule is COC(=O)c1ccc(N)c(SCc2cc(C)cc(C)c2)n1. The highest BCUT2D eigenvalue weighted by Gasteiger charge is 2.11. The maximum absolute atomic E-state index is 11.5. The van der Waals surface area contributed by atoms with Gasteiger partial charge in [-0.05, 0) is 31.5 Å². The number of nitrogens with zero attached hydrogens (tertiary/aromatic N) is 1. The Morgan fingerprint density at radius 3 is 2.52 bits per heavy atom. The van der Waals surface area contributed by atoms with Crippen LogP contribution >= 0.6 is 11.8 Å². The van der Waals surface area contributed by atoms with E-state index in [1.54, 1.807) is 12.1 Å². The van der Waals surface area contributed by atoms with Crippen molar-refractivity contribution in [1.82, 2.24) is 4.98 Å². The van der Waals surface area contributed by atoms with Crippen molar-refractivity contribution in [2.75, 3.05) is 12.8 Å². The van der Waals surface area contributed by atoms with E-state index >= 15 is 0 Å². The molecule has 0 radical (unpaired) electrons. The average Bonchev–Trinajstić information content (AvgIpc) is 2.44. The summed E-state index contributed by atoms with van der Waals surface area (Å²) in [5.74, 6) is 0.299. The number of esters is 1. The Bertz CT molecular complexity index is 651. The number of nitrogens with two attached hydrogens (primary N) is 1. The number of aryl methyl sites for hydroxylation is 2. The highest BCUT2D eigenvalue weighted by atomic mass is 32.2. The van der Waals surface area contributed by atoms with Crippen molar-refractivity contribution < 1.29 is 9.53 Å². The van der Waals surface area contributed by atoms with Gasteiger partial charge in [0.1, 0.15) is 10.7 Å². The molecule has 1 aromatic heterocycles. The van der Waals surface area contributed by atoms with Gasteiger partial charge < -0.3 is 10.5 Å². The first kappa shape index (κ1) is 15.4. The summed E-state index contributed by atoms with van der Waals surface area (Å²) in [6.07, 6.45) is 0. The molecule has 0 fully saturated rings. The number of hydrogen-bond acceptors (Lipinski definition) is 5. The summed E-state index contributed by atoms with van der Waals surface area (Å²) < 4.78 is 4.67. The molecule has 0 aliphatic heterocycles. The Morgan fingerprint density at radius 2 is 1.90 bits per heavy atom. The van der Waals surface area contributed by atoms with Crippen molar-refractivity contribution in [3.8, 4) is 0 Å². The van der Waals surface area contributed by atoms with Gasteiger partial charge in [0, 0.05) is 5.75 Å². The summed E-state index contributed by atoms with van der Waals surface area (Å²) >= 11 is 1.52. The second-order valence-corrected chi connectivity index (χ2v) is 5.83. The van der Waals surface area contributed by atoms with Gasteiger partial charge in [-0.2, -0.15) is 0 Å². The van der Waals surface area contributed by atoms with E-state index < -0.39 is 5.97 Å². The molecule has 0 bridgehead atoms. The van der Waals surface area contributed by atoms with Crippen molar-refractivity contribution in [2.24, 2.45) is 0 Å². The largest absolute Gasteiger partial charge is 0.464 e. The van der Waals surface area contributed by atoms with E-state index in [0.29, 0.717) is 10.7 Å². The van der Waals surface area contributed by atoms with E-state index in [0.717, 1.165) is 5.75 Å². The summed E-state index contributed by atoms with van der Waals surface area (Å²) in [5, 5.41) is 0.650. The zero-order chi connectivity index (χ0) is 15.4. The van der Waals surface area contributed by atoms with Crippen molar-refractivity contribution in [1.29, 1.82) is 0 Å². The molecule has 0 unspecified atom stereocenters. The fourth-order valence-corrected chi connectivity index (χ4v) is 2.96. The molecule has 0 spiro atoms. The molecule has 21 heavy (non-hydrogen) atoms. The molecule has 2 aromatic rings. The van der Waals surface area contributed by atoms with Gasteiger partial charge in [0.2, 0.25) is 0 Å². The molecule has 4 nitrogen and oxygen atoms in total. The lowest BCUT2D eigenvalue weighted by molar-refractivity contribution is 0.0593. The number of carbonyl (C=O) groups excluding carboxylic acids is 1. The number of aromatic nitrogens is 1. The van der Waals surface area contributed by atoms with E-state index in [1.807, 2.05) is 0 Å². The smallest absolute Gasteiger partial charge is 0.356 e. The van der Waals surface area contributed by atoms with Crippen LogP contribution in [0.4, 0.5) is 5.69 Å². The van der Waals surface area contributed by atoms with Crippen molar-refractivity contribution in [3.05, 3.63) is 52.7 Å². The molecule has 0 aliphatic carbocycles. The van der Waals surface area contributed by atoms with Crippen LogP contribution in [0.3, 0.4) is 0 Å². The van der Waals surface area contributed by atoms with E-state index in [4.69, 9.17) is 5.73 Å². The molecule has 5 heteroatoms. The normalized spacial score (nSPS) is 10.4. The molecule has 2 rings (SSSR count). The fourth-order valence-electron chi connectivity index (χ4n) is 2.09. The van der Waals surface area contributed by atoms with Gasteiger partial charge >= 0.3 is 5.97 Å². The lowest BCUT2D eigenvalue weighted by Crippen LogP contribution is -2.06. The van der Waals surface area contributed by atoms with Crippen LogP contribution in [0.5, 0.6) is 0 Å². The highest BCUT2D eigenvalue weighted by Crippen LogP contribution is 2.27. The zero-order valence-electron chi connectivity index (χ0n) is 12.3. The number of benzene rings is 1. The maximum atomic E-state index is 11.5. The Kier molecular flexibility index (Phi) is 4.85. The second-order valence-electron chi connectivity index (χ2n) is 4.87. The zero-order valence-corrected chi connectivity index (χ0v) is 13.2. The number of thioether (sulfide) groups is 1. The minimum atomic E-state index is -0.455. The number of anilines is 1. The van der Waals surface area contributed by atoms with Gasteiger partial charge in [0.05, 0.1) is 12.8 Å². The van der Waals surface area contributed by atoms with Crippen molar-refractivity contribution in [2.45, 2.75) is 24.6 Å². The minimum absolute atomic E-state index is 0.273. The predicted octanol–water partition coefficient (Wildman–Crippen LogP) is 3.36. The van der Waals surface area contributed by atoms with Crippen LogP contribution in [0.2, 0.25) is 0 Å². The van der Waals surface area contributed by atoms with Crippen LogP contribution in [0.1, 0.15) is 27.2 Å². The topological polar surface area (TPSA) is 65.2 Å². The standard InChI is InChI=1S/C16H18N2O2S/c1-10-6-11(2)8-12(7-10)9-21-15-13(17)4-5-14(18-15)16(19)20-3/h4-8H,9,17H2,1-3H3. The minimum Gasteiger partial charge on any atom is -0.464 e. The number of nitrogen functional groups attached to an aromatic ring is 1. The molecule has 0 atom stereocenters. The molecule has 1 aromatic carbocycles. The highest BCUT2D eigenvalue weighted by molar-refractivity contribution is 7.98. The lowest BCUT2D eigenvalue weighted by Gasteiger charge is -2.08. The number of carbonyl (C=O) groups is 1. The maximum Gasteiger partial charge on any atom is 0.356 e. The van der Waals surface area contributed by atoms with Crippen LogP contribution in [0.15, 0.2) is 35.4 Å². The molecule has 0 aliphatic rings. The third-order valence-electron chi connectivity index (χ3n) is 2.94. The third-order valence-corrected chi connectivity index (χ3v) is 4.02. The number of hydrogen-bond donors (Lipinski definition) is 1. The van der Waals surface area contributed by atoms with Gasteiger partial charge in [-0.25, -0.2) is 9.78 Å². The monoisotopic (exact) mass is 302 g/mol. The predicted molar refractivity (Wildman–Crippen MR) is 85.5 cm³/mol. The average molecular weight is 302 g/mol.